The van der Waals surface area contributed by atoms with Gasteiger partial charge in [0.25, 0.3) is 5.69 Å². The third kappa shape index (κ3) is 4.08. The summed E-state index contributed by atoms with van der Waals surface area (Å²) in [4.78, 5) is 33.4. The largest absolute Gasteiger partial charge is 0.465 e. The van der Waals surface area contributed by atoms with Gasteiger partial charge in [0.15, 0.2) is 0 Å². The van der Waals surface area contributed by atoms with Crippen LogP contribution in [0.25, 0.3) is 0 Å². The van der Waals surface area contributed by atoms with Crippen molar-refractivity contribution >= 4 is 29.2 Å². The van der Waals surface area contributed by atoms with E-state index in [-0.39, 0.29) is 22.9 Å². The molecule has 2 aromatic rings. The Balaban J connectivity index is 2.04. The number of hydrogen-bond acceptors (Lipinski definition) is 6. The molecule has 0 saturated heterocycles. The van der Waals surface area contributed by atoms with Gasteiger partial charge in [0.2, 0.25) is 0 Å². The first-order valence-electron chi connectivity index (χ1n) is 6.70. The van der Waals surface area contributed by atoms with Crippen molar-refractivity contribution in [1.82, 2.24) is 0 Å². The van der Waals surface area contributed by atoms with Gasteiger partial charge in [-0.1, -0.05) is 23.7 Å². The van der Waals surface area contributed by atoms with Gasteiger partial charge in [-0.05, 0) is 29.8 Å². The second-order valence-electron chi connectivity index (χ2n) is 4.69. The van der Waals surface area contributed by atoms with E-state index < -0.39 is 16.9 Å². The average molecular weight is 350 g/mol. The molecular formula is C16H12ClNO6. The normalized spacial score (nSPS) is 10.1. The number of esters is 2. The quantitative estimate of drug-likeness (QED) is 0.466. The van der Waals surface area contributed by atoms with E-state index in [2.05, 4.69) is 4.74 Å². The number of ether oxygens (including phenoxy) is 2. The van der Waals surface area contributed by atoms with Gasteiger partial charge in [-0.15, -0.1) is 0 Å². The summed E-state index contributed by atoms with van der Waals surface area (Å²) in [5, 5.41) is 10.8. The number of halogens is 1. The minimum atomic E-state index is -0.716. The molecule has 0 aliphatic heterocycles. The van der Waals surface area contributed by atoms with Crippen molar-refractivity contribution < 1.29 is 24.0 Å². The molecule has 2 aromatic carbocycles. The number of rotatable bonds is 5. The first-order valence-corrected chi connectivity index (χ1v) is 7.08. The Hall–Kier alpha value is -2.93. The number of carbonyl (C=O) groups excluding carboxylic acids is 2. The molecule has 124 valence electrons. The van der Waals surface area contributed by atoms with Gasteiger partial charge in [-0.2, -0.15) is 0 Å². The van der Waals surface area contributed by atoms with Crippen LogP contribution < -0.4 is 0 Å². The molecule has 0 saturated carbocycles. The molecule has 0 aliphatic carbocycles. The molecule has 0 heterocycles. The van der Waals surface area contributed by atoms with Crippen LogP contribution in [0.2, 0.25) is 5.02 Å². The molecule has 0 fully saturated rings. The lowest BCUT2D eigenvalue weighted by Crippen LogP contribution is -2.06. The predicted molar refractivity (Wildman–Crippen MR) is 85.0 cm³/mol. The molecule has 24 heavy (non-hydrogen) atoms. The highest BCUT2D eigenvalue weighted by Gasteiger charge is 2.17. The van der Waals surface area contributed by atoms with Crippen molar-refractivity contribution in [1.29, 1.82) is 0 Å². The molecular weight excluding hydrogens is 338 g/mol. The first kappa shape index (κ1) is 17.4. The molecule has 0 bridgehead atoms. The smallest absolute Gasteiger partial charge is 0.338 e. The Bertz CT molecular complexity index is 788. The molecule has 7 nitrogen and oxygen atoms in total. The Morgan fingerprint density at radius 3 is 2.29 bits per heavy atom. The third-order valence-corrected chi connectivity index (χ3v) is 3.44. The zero-order valence-electron chi connectivity index (χ0n) is 12.5. The van der Waals surface area contributed by atoms with E-state index in [0.29, 0.717) is 11.1 Å². The second kappa shape index (κ2) is 7.56. The van der Waals surface area contributed by atoms with E-state index in [1.807, 2.05) is 0 Å². The SMILES string of the molecule is COC(=O)c1ccc(COC(=O)c2ccc(Cl)c([N+](=O)[O-])c2)cc1. The fourth-order valence-corrected chi connectivity index (χ4v) is 2.05. The lowest BCUT2D eigenvalue weighted by molar-refractivity contribution is -0.384. The van der Waals surface area contributed by atoms with Crippen LogP contribution in [0.3, 0.4) is 0 Å². The van der Waals surface area contributed by atoms with Crippen molar-refractivity contribution in [3.63, 3.8) is 0 Å². The van der Waals surface area contributed by atoms with Gasteiger partial charge < -0.3 is 9.47 Å². The topological polar surface area (TPSA) is 95.7 Å². The summed E-state index contributed by atoms with van der Waals surface area (Å²) < 4.78 is 9.68. The van der Waals surface area contributed by atoms with Crippen LogP contribution >= 0.6 is 11.6 Å². The molecule has 0 aromatic heterocycles. The number of methoxy groups -OCH3 is 1. The van der Waals surface area contributed by atoms with Crippen molar-refractivity contribution in [3.05, 3.63) is 74.3 Å². The fourth-order valence-electron chi connectivity index (χ4n) is 1.87. The highest BCUT2D eigenvalue weighted by atomic mass is 35.5. The van der Waals surface area contributed by atoms with Crippen LogP contribution in [0.5, 0.6) is 0 Å². The maximum absolute atomic E-state index is 12.0. The summed E-state index contributed by atoms with van der Waals surface area (Å²) >= 11 is 5.69. The van der Waals surface area contributed by atoms with E-state index in [9.17, 15) is 19.7 Å². The van der Waals surface area contributed by atoms with Crippen LogP contribution in [0.1, 0.15) is 26.3 Å². The van der Waals surface area contributed by atoms with Crippen molar-refractivity contribution in [2.24, 2.45) is 0 Å². The minimum absolute atomic E-state index is 0.0253. The van der Waals surface area contributed by atoms with E-state index in [4.69, 9.17) is 16.3 Å². The van der Waals surface area contributed by atoms with Crippen LogP contribution in [0.4, 0.5) is 5.69 Å². The predicted octanol–water partition coefficient (Wildman–Crippen LogP) is 3.39. The van der Waals surface area contributed by atoms with Gasteiger partial charge in [0, 0.05) is 6.07 Å². The number of hydrogen-bond donors (Lipinski definition) is 0. The number of nitrogens with zero attached hydrogens (tertiary/aromatic N) is 1. The van der Waals surface area contributed by atoms with Crippen LogP contribution in [0.15, 0.2) is 42.5 Å². The standard InChI is InChI=1S/C16H12ClNO6/c1-23-15(19)11-4-2-10(3-5-11)9-24-16(20)12-6-7-13(17)14(8-12)18(21)22/h2-8H,9H2,1H3. The number of benzene rings is 2. The lowest BCUT2D eigenvalue weighted by Gasteiger charge is -2.06. The highest BCUT2D eigenvalue weighted by molar-refractivity contribution is 6.32. The van der Waals surface area contributed by atoms with E-state index in [1.54, 1.807) is 24.3 Å². The van der Waals surface area contributed by atoms with Crippen molar-refractivity contribution in [2.75, 3.05) is 7.11 Å². The molecule has 0 unspecified atom stereocenters. The summed E-state index contributed by atoms with van der Waals surface area (Å²) in [6, 6.07) is 9.99. The van der Waals surface area contributed by atoms with Gasteiger partial charge >= 0.3 is 11.9 Å². The van der Waals surface area contributed by atoms with Crippen LogP contribution in [-0.4, -0.2) is 24.0 Å². The Kier molecular flexibility index (Phi) is 5.49. The number of nitro benzene ring substituents is 1. The van der Waals surface area contributed by atoms with E-state index in [0.717, 1.165) is 6.07 Å². The zero-order valence-corrected chi connectivity index (χ0v) is 13.3. The summed E-state index contributed by atoms with van der Waals surface area (Å²) in [6.45, 7) is -0.0449. The summed E-state index contributed by atoms with van der Waals surface area (Å²) in [7, 11) is 1.28. The summed E-state index contributed by atoms with van der Waals surface area (Å²) in [5.74, 6) is -1.18. The maximum atomic E-state index is 12.0. The molecule has 0 radical (unpaired) electrons. The number of carbonyl (C=O) groups is 2. The van der Waals surface area contributed by atoms with E-state index in [1.165, 1.54) is 19.2 Å². The average Bonchev–Trinajstić information content (AvgIpc) is 2.59. The molecule has 0 spiro atoms. The molecule has 0 atom stereocenters. The number of nitro groups is 1. The summed E-state index contributed by atoms with van der Waals surface area (Å²) in [6.07, 6.45) is 0. The highest BCUT2D eigenvalue weighted by Crippen LogP contribution is 2.25. The van der Waals surface area contributed by atoms with Gasteiger partial charge in [-0.3, -0.25) is 10.1 Å². The van der Waals surface area contributed by atoms with Crippen molar-refractivity contribution in [3.8, 4) is 0 Å². The first-order chi connectivity index (χ1) is 11.4. The molecule has 0 amide bonds. The zero-order chi connectivity index (χ0) is 17.7. The van der Waals surface area contributed by atoms with Gasteiger partial charge in [-0.25, -0.2) is 9.59 Å². The molecule has 8 heteroatoms. The maximum Gasteiger partial charge on any atom is 0.338 e. The lowest BCUT2D eigenvalue weighted by atomic mass is 10.1. The fraction of sp³-hybridized carbons (Fsp3) is 0.125. The van der Waals surface area contributed by atoms with Gasteiger partial charge in [0.1, 0.15) is 11.6 Å². The van der Waals surface area contributed by atoms with Crippen LogP contribution in [0, 0.1) is 10.1 Å². The summed E-state index contributed by atoms with van der Waals surface area (Å²) in [5.41, 5.74) is 0.686. The third-order valence-electron chi connectivity index (χ3n) is 3.12. The van der Waals surface area contributed by atoms with Crippen molar-refractivity contribution in [2.45, 2.75) is 6.61 Å². The molecule has 0 aliphatic rings. The molecule has 2 rings (SSSR count). The Morgan fingerprint density at radius 2 is 1.71 bits per heavy atom. The van der Waals surface area contributed by atoms with Gasteiger partial charge in [0.05, 0.1) is 23.2 Å². The monoisotopic (exact) mass is 349 g/mol. The van der Waals surface area contributed by atoms with E-state index >= 15 is 0 Å². The Morgan fingerprint density at radius 1 is 1.08 bits per heavy atom. The second-order valence-corrected chi connectivity index (χ2v) is 5.10. The van der Waals surface area contributed by atoms with Crippen LogP contribution in [-0.2, 0) is 16.1 Å². The Labute approximate surface area is 141 Å². The molecule has 0 N–H and O–H groups in total. The minimum Gasteiger partial charge on any atom is -0.465 e.